The van der Waals surface area contributed by atoms with Crippen molar-refractivity contribution in [3.63, 3.8) is 0 Å². The monoisotopic (exact) mass is 558 g/mol. The van der Waals surface area contributed by atoms with E-state index < -0.39 is 17.5 Å². The second-order valence-electron chi connectivity index (χ2n) is 15.8. The molecule has 5 aliphatic rings. The summed E-state index contributed by atoms with van der Waals surface area (Å²) in [6.07, 6.45) is 16.6. The molecule has 0 amide bonds. The van der Waals surface area contributed by atoms with Crippen LogP contribution in [0.1, 0.15) is 113 Å². The van der Waals surface area contributed by atoms with Crippen LogP contribution in [-0.4, -0.2) is 51.6 Å². The van der Waals surface area contributed by atoms with Crippen molar-refractivity contribution in [1.82, 2.24) is 0 Å². The quantitative estimate of drug-likeness (QED) is 0.286. The van der Waals surface area contributed by atoms with Gasteiger partial charge in [-0.05, 0) is 117 Å². The molecule has 0 spiro atoms. The minimum absolute atomic E-state index is 0.0171. The van der Waals surface area contributed by atoms with Crippen LogP contribution >= 0.6 is 0 Å². The summed E-state index contributed by atoms with van der Waals surface area (Å²) < 4.78 is 12.6. The highest BCUT2D eigenvalue weighted by Gasteiger charge is 2.61. The predicted molar refractivity (Wildman–Crippen MR) is 159 cm³/mol. The maximum atomic E-state index is 11.7. The Morgan fingerprint density at radius 2 is 1.73 bits per heavy atom. The Hall–Kier alpha value is -0.720. The molecular weight excluding hydrogens is 500 g/mol. The van der Waals surface area contributed by atoms with E-state index in [1.807, 2.05) is 6.92 Å². The maximum Gasteiger partial charge on any atom is 0.185 e. The molecule has 0 aromatic rings. The van der Waals surface area contributed by atoms with E-state index in [0.717, 1.165) is 37.0 Å². The minimum atomic E-state index is -1.21. The third-order valence-corrected chi connectivity index (χ3v) is 12.6. The first-order chi connectivity index (χ1) is 18.7. The maximum absolute atomic E-state index is 11.7. The lowest BCUT2D eigenvalue weighted by molar-refractivity contribution is -0.278. The molecule has 228 valence electrons. The number of fused-ring (bicyclic) bond motifs is 5. The van der Waals surface area contributed by atoms with E-state index >= 15 is 0 Å². The Kier molecular flexibility index (Phi) is 8.52. The van der Waals surface area contributed by atoms with Gasteiger partial charge in [-0.15, -0.1) is 0 Å². The molecule has 3 N–H and O–H groups in total. The lowest BCUT2D eigenvalue weighted by Gasteiger charge is -2.59. The Labute approximate surface area is 243 Å². The number of hydrogen-bond donors (Lipinski definition) is 3. The van der Waals surface area contributed by atoms with Gasteiger partial charge in [0.15, 0.2) is 5.79 Å². The molecule has 0 aromatic heterocycles. The summed E-state index contributed by atoms with van der Waals surface area (Å²) in [5.41, 5.74) is 0.624. The summed E-state index contributed by atoms with van der Waals surface area (Å²) in [5, 5.41) is 32.0. The molecule has 1 aliphatic heterocycles. The number of aliphatic hydroxyl groups excluding tert-OH is 2. The summed E-state index contributed by atoms with van der Waals surface area (Å²) in [6.45, 7) is 15.5. The van der Waals surface area contributed by atoms with Gasteiger partial charge in [0.25, 0.3) is 0 Å². The molecule has 5 nitrogen and oxygen atoms in total. The van der Waals surface area contributed by atoms with Gasteiger partial charge in [0.1, 0.15) is 11.7 Å². The summed E-state index contributed by atoms with van der Waals surface area (Å²) in [6, 6.07) is 0. The summed E-state index contributed by atoms with van der Waals surface area (Å²) in [7, 11) is 0. The average molecular weight is 559 g/mol. The summed E-state index contributed by atoms with van der Waals surface area (Å²) in [4.78, 5) is 0. The Balaban J connectivity index is 1.29. The van der Waals surface area contributed by atoms with Crippen molar-refractivity contribution in [2.75, 3.05) is 6.61 Å². The van der Waals surface area contributed by atoms with Crippen LogP contribution in [0.3, 0.4) is 0 Å². The molecule has 5 rings (SSSR count). The molecule has 0 bridgehead atoms. The van der Waals surface area contributed by atoms with Crippen LogP contribution in [0.15, 0.2) is 23.8 Å². The molecule has 0 aromatic carbocycles. The largest absolute Gasteiger partial charge is 0.394 e. The number of aliphatic hydroxyl groups is 3. The average Bonchev–Trinajstić information content (AvgIpc) is 3.23. The fraction of sp³-hybridized carbons (Fsp3) is 0.886. The summed E-state index contributed by atoms with van der Waals surface area (Å²) >= 11 is 0. The van der Waals surface area contributed by atoms with Gasteiger partial charge in [-0.25, -0.2) is 0 Å². The van der Waals surface area contributed by atoms with Crippen molar-refractivity contribution < 1.29 is 24.8 Å². The van der Waals surface area contributed by atoms with E-state index in [4.69, 9.17) is 9.47 Å². The second-order valence-corrected chi connectivity index (χ2v) is 15.8. The molecular formula is C35H58O5. The van der Waals surface area contributed by atoms with Crippen LogP contribution in [0.4, 0.5) is 0 Å². The highest BCUT2D eigenvalue weighted by Crippen LogP contribution is 2.67. The van der Waals surface area contributed by atoms with Crippen molar-refractivity contribution in [2.24, 2.45) is 46.3 Å². The third-order valence-electron chi connectivity index (χ3n) is 12.6. The Morgan fingerprint density at radius 1 is 0.975 bits per heavy atom. The highest BCUT2D eigenvalue weighted by molar-refractivity contribution is 5.28. The zero-order valence-corrected chi connectivity index (χ0v) is 26.4. The SMILES string of the molecule is CC(C)CCCC(C)C1CCC2C3C(O)C=C4CC(OC5(C)C=CC(C)(O)C(CO)O5)CCC4(C)C3CCC12C. The normalized spacial score (nSPS) is 49.3. The van der Waals surface area contributed by atoms with Crippen molar-refractivity contribution in [1.29, 1.82) is 0 Å². The van der Waals surface area contributed by atoms with Gasteiger partial charge >= 0.3 is 0 Å². The lowest BCUT2D eigenvalue weighted by atomic mass is 9.46. The van der Waals surface area contributed by atoms with Crippen molar-refractivity contribution >= 4 is 0 Å². The van der Waals surface area contributed by atoms with Crippen LogP contribution in [0, 0.1) is 46.3 Å². The second kappa shape index (κ2) is 11.1. The van der Waals surface area contributed by atoms with Crippen molar-refractivity contribution in [3.05, 3.63) is 23.8 Å². The fourth-order valence-corrected chi connectivity index (χ4v) is 10.2. The van der Waals surface area contributed by atoms with Gasteiger partial charge < -0.3 is 24.8 Å². The van der Waals surface area contributed by atoms with E-state index in [0.29, 0.717) is 23.2 Å². The van der Waals surface area contributed by atoms with Crippen LogP contribution < -0.4 is 0 Å². The van der Waals surface area contributed by atoms with Crippen LogP contribution in [0.2, 0.25) is 0 Å². The first kappa shape index (κ1) is 30.7. The third kappa shape index (κ3) is 5.41. The van der Waals surface area contributed by atoms with Crippen molar-refractivity contribution in [3.8, 4) is 0 Å². The van der Waals surface area contributed by atoms with Crippen LogP contribution in [-0.2, 0) is 9.47 Å². The Morgan fingerprint density at radius 3 is 2.42 bits per heavy atom. The van der Waals surface area contributed by atoms with Crippen LogP contribution in [0.25, 0.3) is 0 Å². The van der Waals surface area contributed by atoms with Gasteiger partial charge in [-0.1, -0.05) is 65.5 Å². The smallest absolute Gasteiger partial charge is 0.185 e. The molecule has 40 heavy (non-hydrogen) atoms. The lowest BCUT2D eigenvalue weighted by Crippen LogP contribution is -2.56. The van der Waals surface area contributed by atoms with E-state index in [1.165, 1.54) is 50.5 Å². The molecule has 1 heterocycles. The number of hydrogen-bond acceptors (Lipinski definition) is 5. The summed E-state index contributed by atoms with van der Waals surface area (Å²) in [5.74, 6) is 2.88. The van der Waals surface area contributed by atoms with E-state index in [2.05, 4.69) is 40.7 Å². The standard InChI is InChI=1S/C35H58O5/c1-22(2)9-8-10-23(3)26-11-12-27-31-28(14-16-33(26,27)5)32(4)15-13-25(19-24(32)20-29(31)37)39-35(7)18-17-34(6,38)30(21-36)40-35/h17-18,20,22-23,25-31,36-38H,8-16,19,21H2,1-7H3. The number of ether oxygens (including phenoxy) is 2. The molecule has 3 fully saturated rings. The first-order valence-electron chi connectivity index (χ1n) is 16.5. The fourth-order valence-electron chi connectivity index (χ4n) is 10.2. The topological polar surface area (TPSA) is 79.2 Å². The van der Waals surface area contributed by atoms with Gasteiger partial charge in [0.05, 0.1) is 18.8 Å². The minimum Gasteiger partial charge on any atom is -0.394 e. The molecule has 0 saturated heterocycles. The molecule has 12 unspecified atom stereocenters. The predicted octanol–water partition coefficient (Wildman–Crippen LogP) is 6.80. The van der Waals surface area contributed by atoms with Gasteiger partial charge in [-0.2, -0.15) is 0 Å². The molecule has 4 aliphatic carbocycles. The molecule has 12 atom stereocenters. The molecule has 3 saturated carbocycles. The van der Waals surface area contributed by atoms with Gasteiger partial charge in [0, 0.05) is 0 Å². The molecule has 5 heteroatoms. The van der Waals surface area contributed by atoms with E-state index in [9.17, 15) is 15.3 Å². The first-order valence-corrected chi connectivity index (χ1v) is 16.5. The van der Waals surface area contributed by atoms with E-state index in [-0.39, 0.29) is 24.2 Å². The van der Waals surface area contributed by atoms with E-state index in [1.54, 1.807) is 19.1 Å². The number of rotatable bonds is 8. The van der Waals surface area contributed by atoms with Gasteiger partial charge in [0.2, 0.25) is 0 Å². The zero-order chi connectivity index (χ0) is 29.1. The van der Waals surface area contributed by atoms with Crippen molar-refractivity contribution in [2.45, 2.75) is 142 Å². The van der Waals surface area contributed by atoms with Crippen LogP contribution in [0.5, 0.6) is 0 Å². The van der Waals surface area contributed by atoms with Gasteiger partial charge in [-0.3, -0.25) is 0 Å². The highest BCUT2D eigenvalue weighted by atomic mass is 16.7. The Bertz CT molecular complexity index is 971. The molecule has 0 radical (unpaired) electrons. The zero-order valence-electron chi connectivity index (χ0n) is 26.4.